The lowest BCUT2D eigenvalue weighted by atomic mass is 9.54. The number of aryl methyl sites for hydroxylation is 1. The van der Waals surface area contributed by atoms with E-state index in [2.05, 4.69) is 47.6 Å². The van der Waals surface area contributed by atoms with Crippen molar-refractivity contribution in [2.75, 3.05) is 31.1 Å². The predicted octanol–water partition coefficient (Wildman–Crippen LogP) is 3.88. The summed E-state index contributed by atoms with van der Waals surface area (Å²) in [5.74, 6) is 2.80. The molecule has 0 aromatic carbocycles. The van der Waals surface area contributed by atoms with Crippen LogP contribution in [0.3, 0.4) is 0 Å². The van der Waals surface area contributed by atoms with Crippen LogP contribution >= 0.6 is 24.0 Å². The number of aromatic nitrogens is 1. The van der Waals surface area contributed by atoms with Crippen LogP contribution in [0.1, 0.15) is 57.6 Å². The molecule has 2 saturated heterocycles. The van der Waals surface area contributed by atoms with Crippen molar-refractivity contribution in [3.05, 3.63) is 23.9 Å². The summed E-state index contributed by atoms with van der Waals surface area (Å²) < 4.78 is 6.16. The summed E-state index contributed by atoms with van der Waals surface area (Å²) in [6.45, 7) is 8.02. The molecule has 4 fully saturated rings. The van der Waals surface area contributed by atoms with Crippen molar-refractivity contribution in [1.82, 2.24) is 15.6 Å². The van der Waals surface area contributed by atoms with Gasteiger partial charge in [0.2, 0.25) is 0 Å². The third kappa shape index (κ3) is 4.41. The van der Waals surface area contributed by atoms with Crippen molar-refractivity contribution in [3.63, 3.8) is 0 Å². The second-order valence-corrected chi connectivity index (χ2v) is 9.67. The molecule has 7 heteroatoms. The van der Waals surface area contributed by atoms with E-state index in [1.54, 1.807) is 0 Å². The van der Waals surface area contributed by atoms with Gasteiger partial charge in [0.25, 0.3) is 0 Å². The summed E-state index contributed by atoms with van der Waals surface area (Å²) in [6.07, 6.45) is 9.25. The van der Waals surface area contributed by atoms with Crippen LogP contribution in [0.5, 0.6) is 0 Å². The Kier molecular flexibility index (Phi) is 7.30. The molecule has 0 radical (unpaired) electrons. The third-order valence-electron chi connectivity index (χ3n) is 7.93. The zero-order valence-corrected chi connectivity index (χ0v) is 21.3. The summed E-state index contributed by atoms with van der Waals surface area (Å²) in [5, 5.41) is 7.67. The summed E-state index contributed by atoms with van der Waals surface area (Å²) in [4.78, 5) is 11.9. The maximum absolute atomic E-state index is 6.16. The first-order valence-corrected chi connectivity index (χ1v) is 12.1. The molecular formula is C24H38IN5O. The van der Waals surface area contributed by atoms with Crippen LogP contribution in [-0.2, 0) is 4.74 Å². The lowest BCUT2D eigenvalue weighted by Crippen LogP contribution is -2.69. The monoisotopic (exact) mass is 539 g/mol. The lowest BCUT2D eigenvalue weighted by molar-refractivity contribution is -0.125. The smallest absolute Gasteiger partial charge is 0.191 e. The number of nitrogens with zero attached hydrogens (tertiary/aromatic N) is 3. The SMILES string of the molecule is CCN=C(NC1CCN(c2cccc(C)n2)CC1)NC1C2CCOC2C12CCCC2.I. The van der Waals surface area contributed by atoms with Gasteiger partial charge in [0.1, 0.15) is 5.82 Å². The lowest BCUT2D eigenvalue weighted by Gasteiger charge is -2.57. The Morgan fingerprint density at radius 3 is 2.68 bits per heavy atom. The van der Waals surface area contributed by atoms with Gasteiger partial charge in [-0.2, -0.15) is 0 Å². The van der Waals surface area contributed by atoms with Gasteiger partial charge in [0.15, 0.2) is 5.96 Å². The first-order chi connectivity index (χ1) is 14.7. The first-order valence-electron chi connectivity index (χ1n) is 12.1. The molecule has 6 nitrogen and oxygen atoms in total. The van der Waals surface area contributed by atoms with Gasteiger partial charge in [0.05, 0.1) is 6.10 Å². The van der Waals surface area contributed by atoms with Crippen molar-refractivity contribution in [1.29, 1.82) is 0 Å². The number of nitrogens with one attached hydrogen (secondary N) is 2. The van der Waals surface area contributed by atoms with E-state index in [0.29, 0.717) is 29.5 Å². The van der Waals surface area contributed by atoms with E-state index >= 15 is 0 Å². The molecule has 1 aromatic rings. The normalized spacial score (nSPS) is 29.9. The second kappa shape index (κ2) is 9.81. The van der Waals surface area contributed by atoms with Gasteiger partial charge >= 0.3 is 0 Å². The number of fused-ring (bicyclic) bond motifs is 2. The fraction of sp³-hybridized carbons (Fsp3) is 0.750. The van der Waals surface area contributed by atoms with Crippen molar-refractivity contribution < 1.29 is 4.74 Å². The van der Waals surface area contributed by atoms with Gasteiger partial charge in [-0.3, -0.25) is 4.99 Å². The average molecular weight is 540 g/mol. The van der Waals surface area contributed by atoms with Gasteiger partial charge in [-0.1, -0.05) is 18.9 Å². The highest BCUT2D eigenvalue weighted by Gasteiger charge is 2.65. The molecular weight excluding hydrogens is 501 g/mol. The number of anilines is 1. The molecule has 5 rings (SSSR count). The molecule has 2 aliphatic heterocycles. The fourth-order valence-corrected chi connectivity index (χ4v) is 6.49. The molecule has 31 heavy (non-hydrogen) atoms. The summed E-state index contributed by atoms with van der Waals surface area (Å²) in [6, 6.07) is 7.30. The summed E-state index contributed by atoms with van der Waals surface area (Å²) in [7, 11) is 0. The molecule has 3 unspecified atom stereocenters. The van der Waals surface area contributed by atoms with E-state index in [-0.39, 0.29) is 24.0 Å². The molecule has 3 atom stereocenters. The quantitative estimate of drug-likeness (QED) is 0.346. The Morgan fingerprint density at radius 1 is 1.19 bits per heavy atom. The number of guanidine groups is 1. The van der Waals surface area contributed by atoms with Crippen LogP contribution in [0.15, 0.2) is 23.2 Å². The molecule has 0 bridgehead atoms. The number of pyridine rings is 1. The number of piperidine rings is 1. The van der Waals surface area contributed by atoms with Crippen LogP contribution < -0.4 is 15.5 Å². The largest absolute Gasteiger partial charge is 0.377 e. The van der Waals surface area contributed by atoms with Gasteiger partial charge in [-0.15, -0.1) is 24.0 Å². The summed E-state index contributed by atoms with van der Waals surface area (Å²) >= 11 is 0. The topological polar surface area (TPSA) is 61.8 Å². The maximum atomic E-state index is 6.16. The Hall–Kier alpha value is -1.09. The molecule has 2 saturated carbocycles. The molecule has 3 heterocycles. The Morgan fingerprint density at radius 2 is 1.97 bits per heavy atom. The van der Waals surface area contributed by atoms with Crippen molar-refractivity contribution in [2.45, 2.75) is 77.0 Å². The number of rotatable bonds is 4. The average Bonchev–Trinajstić information content (AvgIpc) is 3.42. The predicted molar refractivity (Wildman–Crippen MR) is 136 cm³/mol. The van der Waals surface area contributed by atoms with Gasteiger partial charge in [-0.25, -0.2) is 4.98 Å². The van der Waals surface area contributed by atoms with Crippen LogP contribution in [-0.4, -0.2) is 55.4 Å². The zero-order chi connectivity index (χ0) is 20.6. The molecule has 0 amide bonds. The first kappa shape index (κ1) is 23.1. The van der Waals surface area contributed by atoms with Crippen LogP contribution in [0.2, 0.25) is 0 Å². The standard InChI is InChI=1S/C24H37N5O.HI/c1-3-25-23(28-21-19-11-16-30-22(19)24(21)12-4-5-13-24)27-18-9-14-29(15-10-18)20-8-6-7-17(2)26-20;/h6-8,18-19,21-22H,3-5,9-16H2,1-2H3,(H2,25,27,28);1H. The van der Waals surface area contributed by atoms with Crippen LogP contribution in [0, 0.1) is 18.3 Å². The molecule has 172 valence electrons. The fourth-order valence-electron chi connectivity index (χ4n) is 6.49. The van der Waals surface area contributed by atoms with E-state index in [1.165, 1.54) is 32.1 Å². The minimum Gasteiger partial charge on any atom is -0.377 e. The zero-order valence-electron chi connectivity index (χ0n) is 19.0. The minimum absolute atomic E-state index is 0. The van der Waals surface area contributed by atoms with Gasteiger partial charge in [-0.05, 0) is 58.1 Å². The molecule has 2 N–H and O–H groups in total. The third-order valence-corrected chi connectivity index (χ3v) is 7.93. The Labute approximate surface area is 204 Å². The number of hydrogen-bond donors (Lipinski definition) is 2. The minimum atomic E-state index is 0. The highest BCUT2D eigenvalue weighted by Crippen LogP contribution is 2.60. The number of aliphatic imine (C=N–C) groups is 1. The number of halogens is 1. The van der Waals surface area contributed by atoms with Crippen LogP contribution in [0.4, 0.5) is 5.82 Å². The van der Waals surface area contributed by atoms with Crippen molar-refractivity contribution >= 4 is 35.8 Å². The van der Waals surface area contributed by atoms with Crippen molar-refractivity contribution in [2.24, 2.45) is 16.3 Å². The molecule has 4 aliphatic rings. The molecule has 1 spiro atoms. The maximum Gasteiger partial charge on any atom is 0.191 e. The Balaban J connectivity index is 0.00000231. The van der Waals surface area contributed by atoms with Gasteiger partial charge in [0, 0.05) is 55.4 Å². The number of hydrogen-bond acceptors (Lipinski definition) is 4. The molecule has 1 aromatic heterocycles. The van der Waals surface area contributed by atoms with Crippen LogP contribution in [0.25, 0.3) is 0 Å². The van der Waals surface area contributed by atoms with Gasteiger partial charge < -0.3 is 20.3 Å². The van der Waals surface area contributed by atoms with E-state index < -0.39 is 0 Å². The molecule has 2 aliphatic carbocycles. The van der Waals surface area contributed by atoms with Crippen molar-refractivity contribution in [3.8, 4) is 0 Å². The Bertz CT molecular complexity index is 773. The van der Waals surface area contributed by atoms with E-state index in [9.17, 15) is 0 Å². The highest BCUT2D eigenvalue weighted by atomic mass is 127. The van der Waals surface area contributed by atoms with E-state index in [1.807, 2.05) is 0 Å². The summed E-state index contributed by atoms with van der Waals surface area (Å²) in [5.41, 5.74) is 1.45. The van der Waals surface area contributed by atoms with E-state index in [4.69, 9.17) is 14.7 Å². The number of ether oxygens (including phenoxy) is 1. The second-order valence-electron chi connectivity index (χ2n) is 9.67. The van der Waals surface area contributed by atoms with E-state index in [0.717, 1.165) is 56.6 Å². The highest BCUT2D eigenvalue weighted by molar-refractivity contribution is 14.0.